The highest BCUT2D eigenvalue weighted by Gasteiger charge is 2.25. The van der Waals surface area contributed by atoms with Gasteiger partial charge >= 0.3 is 0 Å². The van der Waals surface area contributed by atoms with Crippen LogP contribution in [0.15, 0.2) is 60.7 Å². The Balaban J connectivity index is 1.29. The van der Waals surface area contributed by atoms with E-state index in [0.717, 1.165) is 30.2 Å². The molecule has 2 N–H and O–H groups in total. The van der Waals surface area contributed by atoms with Crippen LogP contribution in [-0.4, -0.2) is 61.7 Å². The summed E-state index contributed by atoms with van der Waals surface area (Å²) < 4.78 is 0. The lowest BCUT2D eigenvalue weighted by molar-refractivity contribution is -0.896. The van der Waals surface area contributed by atoms with Crippen molar-refractivity contribution >= 4 is 23.6 Å². The molecule has 28 heavy (non-hydrogen) atoms. The summed E-state index contributed by atoms with van der Waals surface area (Å²) >= 11 is 1.83. The van der Waals surface area contributed by atoms with Crippen LogP contribution in [-0.2, 0) is 10.5 Å². The van der Waals surface area contributed by atoms with Gasteiger partial charge in [0.1, 0.15) is 0 Å². The maximum atomic E-state index is 12.5. The molecule has 148 valence electrons. The molecule has 1 aliphatic rings. The van der Waals surface area contributed by atoms with E-state index in [0.29, 0.717) is 26.2 Å². The second kappa shape index (κ2) is 10.9. The average molecular weight is 399 g/mol. The van der Waals surface area contributed by atoms with Crippen molar-refractivity contribution in [2.45, 2.75) is 5.75 Å². The van der Waals surface area contributed by atoms with Crippen LogP contribution in [0.25, 0.3) is 0 Å². The number of quaternary nitrogens is 1. The van der Waals surface area contributed by atoms with Crippen molar-refractivity contribution in [2.75, 3.05) is 45.0 Å². The van der Waals surface area contributed by atoms with Crippen molar-refractivity contribution < 1.29 is 14.5 Å². The fourth-order valence-electron chi connectivity index (χ4n) is 3.28. The number of rotatable bonds is 8. The molecule has 1 fully saturated rings. The van der Waals surface area contributed by atoms with E-state index in [9.17, 15) is 9.59 Å². The van der Waals surface area contributed by atoms with Gasteiger partial charge in [0.05, 0.1) is 26.2 Å². The number of piperazine rings is 1. The maximum absolute atomic E-state index is 12.5. The predicted octanol–water partition coefficient (Wildman–Crippen LogP) is 1.08. The topological polar surface area (TPSA) is 53.9 Å². The summed E-state index contributed by atoms with van der Waals surface area (Å²) in [5.41, 5.74) is 2.04. The molecule has 2 amide bonds. The van der Waals surface area contributed by atoms with Gasteiger partial charge in [-0.3, -0.25) is 9.59 Å². The molecule has 2 aromatic carbocycles. The van der Waals surface area contributed by atoms with Gasteiger partial charge in [-0.25, -0.2) is 0 Å². The van der Waals surface area contributed by atoms with Crippen LogP contribution >= 0.6 is 11.8 Å². The first-order valence-electron chi connectivity index (χ1n) is 9.78. The molecule has 0 radical (unpaired) electrons. The van der Waals surface area contributed by atoms with Gasteiger partial charge in [-0.2, -0.15) is 11.8 Å². The fraction of sp³-hybridized carbons (Fsp3) is 0.364. The molecule has 2 aromatic rings. The fourth-order valence-corrected chi connectivity index (χ4v) is 4.10. The van der Waals surface area contributed by atoms with E-state index in [2.05, 4.69) is 17.4 Å². The molecule has 0 saturated carbocycles. The highest BCUT2D eigenvalue weighted by molar-refractivity contribution is 7.98. The number of carbonyl (C=O) groups is 2. The minimum absolute atomic E-state index is 0.0829. The third-order valence-corrected chi connectivity index (χ3v) is 5.90. The summed E-state index contributed by atoms with van der Waals surface area (Å²) in [5.74, 6) is 2.06. The minimum atomic E-state index is 0.0829. The number of benzene rings is 2. The molecular formula is C22H28N3O2S+. The van der Waals surface area contributed by atoms with Crippen LogP contribution in [0.1, 0.15) is 15.9 Å². The Bertz CT molecular complexity index is 747. The Hall–Kier alpha value is -2.31. The van der Waals surface area contributed by atoms with Crippen LogP contribution in [0.2, 0.25) is 0 Å². The molecule has 6 heteroatoms. The molecule has 0 aromatic heterocycles. The van der Waals surface area contributed by atoms with Crippen LogP contribution in [0.5, 0.6) is 0 Å². The number of thioether (sulfide) groups is 1. The Kier molecular flexibility index (Phi) is 7.94. The van der Waals surface area contributed by atoms with Gasteiger partial charge in [-0.05, 0) is 17.7 Å². The highest BCUT2D eigenvalue weighted by atomic mass is 32.2. The third-order valence-electron chi connectivity index (χ3n) is 4.87. The predicted molar refractivity (Wildman–Crippen MR) is 114 cm³/mol. The summed E-state index contributed by atoms with van der Waals surface area (Å²) in [6, 6.07) is 19.8. The molecule has 5 nitrogen and oxygen atoms in total. The molecule has 0 bridgehead atoms. The van der Waals surface area contributed by atoms with E-state index in [1.807, 2.05) is 65.2 Å². The van der Waals surface area contributed by atoms with E-state index >= 15 is 0 Å². The molecule has 1 aliphatic heterocycles. The Morgan fingerprint density at radius 3 is 2.29 bits per heavy atom. The van der Waals surface area contributed by atoms with Gasteiger partial charge in [0, 0.05) is 23.6 Å². The van der Waals surface area contributed by atoms with Gasteiger partial charge in [0.25, 0.3) is 11.8 Å². The van der Waals surface area contributed by atoms with Gasteiger partial charge in [-0.1, -0.05) is 48.5 Å². The molecule has 0 spiro atoms. The molecule has 1 saturated heterocycles. The van der Waals surface area contributed by atoms with Crippen molar-refractivity contribution in [3.8, 4) is 0 Å². The zero-order valence-electron chi connectivity index (χ0n) is 16.1. The number of carbonyl (C=O) groups excluding carboxylic acids is 2. The smallest absolute Gasteiger partial charge is 0.275 e. The van der Waals surface area contributed by atoms with Crippen molar-refractivity contribution in [3.63, 3.8) is 0 Å². The number of nitrogens with zero attached hydrogens (tertiary/aromatic N) is 1. The SMILES string of the molecule is O=C(C[NH+]1CCN(C(=O)c2ccccc2)CC1)NCCSCc1ccccc1. The monoisotopic (exact) mass is 398 g/mol. The van der Waals surface area contributed by atoms with Crippen molar-refractivity contribution in [1.29, 1.82) is 0 Å². The maximum Gasteiger partial charge on any atom is 0.275 e. The zero-order valence-corrected chi connectivity index (χ0v) is 16.9. The molecule has 1 heterocycles. The Labute approximate surface area is 171 Å². The first-order valence-corrected chi connectivity index (χ1v) is 10.9. The largest absolute Gasteiger partial charge is 0.350 e. The van der Waals surface area contributed by atoms with Crippen LogP contribution in [0, 0.1) is 0 Å². The van der Waals surface area contributed by atoms with E-state index in [1.165, 1.54) is 10.5 Å². The lowest BCUT2D eigenvalue weighted by atomic mass is 10.2. The molecule has 3 rings (SSSR count). The molecule has 0 atom stereocenters. The van der Waals surface area contributed by atoms with Crippen LogP contribution in [0.4, 0.5) is 0 Å². The first-order chi connectivity index (χ1) is 13.7. The Morgan fingerprint density at radius 2 is 1.61 bits per heavy atom. The molecule has 0 unspecified atom stereocenters. The average Bonchev–Trinajstić information content (AvgIpc) is 2.75. The number of nitrogens with one attached hydrogen (secondary N) is 2. The van der Waals surface area contributed by atoms with Crippen LogP contribution < -0.4 is 10.2 Å². The lowest BCUT2D eigenvalue weighted by Crippen LogP contribution is -3.15. The zero-order chi connectivity index (χ0) is 19.6. The van der Waals surface area contributed by atoms with Gasteiger partial charge in [-0.15, -0.1) is 0 Å². The van der Waals surface area contributed by atoms with E-state index in [1.54, 1.807) is 0 Å². The summed E-state index contributed by atoms with van der Waals surface area (Å²) in [4.78, 5) is 27.8. The normalized spacial score (nSPS) is 14.6. The number of hydrogen-bond acceptors (Lipinski definition) is 3. The second-order valence-corrected chi connectivity index (χ2v) is 8.08. The van der Waals surface area contributed by atoms with Gasteiger partial charge in [0.2, 0.25) is 0 Å². The number of amides is 2. The second-order valence-electron chi connectivity index (χ2n) is 6.97. The standard InChI is InChI=1S/C22H27N3O2S/c26-21(23-11-16-28-18-19-7-3-1-4-8-19)17-24-12-14-25(15-13-24)22(27)20-9-5-2-6-10-20/h1-10H,11-18H2,(H,23,26)/p+1. The van der Waals surface area contributed by atoms with E-state index < -0.39 is 0 Å². The summed E-state index contributed by atoms with van der Waals surface area (Å²) in [5, 5.41) is 3.01. The summed E-state index contributed by atoms with van der Waals surface area (Å²) in [6.07, 6.45) is 0. The van der Waals surface area contributed by atoms with Crippen molar-refractivity contribution in [1.82, 2.24) is 10.2 Å². The number of hydrogen-bond donors (Lipinski definition) is 2. The minimum Gasteiger partial charge on any atom is -0.350 e. The quantitative estimate of drug-likeness (QED) is 0.655. The molecule has 0 aliphatic carbocycles. The Morgan fingerprint density at radius 1 is 0.964 bits per heavy atom. The van der Waals surface area contributed by atoms with Crippen molar-refractivity contribution in [2.24, 2.45) is 0 Å². The first kappa shape index (κ1) is 20.4. The van der Waals surface area contributed by atoms with Gasteiger partial charge in [0.15, 0.2) is 6.54 Å². The lowest BCUT2D eigenvalue weighted by Gasteiger charge is -2.32. The van der Waals surface area contributed by atoms with Gasteiger partial charge < -0.3 is 15.1 Å². The van der Waals surface area contributed by atoms with Crippen molar-refractivity contribution in [3.05, 3.63) is 71.8 Å². The van der Waals surface area contributed by atoms with E-state index in [4.69, 9.17) is 0 Å². The summed E-state index contributed by atoms with van der Waals surface area (Å²) in [7, 11) is 0. The summed E-state index contributed by atoms with van der Waals surface area (Å²) in [6.45, 7) is 4.20. The molecular weight excluding hydrogens is 370 g/mol. The third kappa shape index (κ3) is 6.39. The van der Waals surface area contributed by atoms with Crippen LogP contribution in [0.3, 0.4) is 0 Å². The highest BCUT2D eigenvalue weighted by Crippen LogP contribution is 2.10. The van der Waals surface area contributed by atoms with E-state index in [-0.39, 0.29) is 11.8 Å².